The van der Waals surface area contributed by atoms with Crippen LogP contribution in [0, 0.1) is 0 Å². The quantitative estimate of drug-likeness (QED) is 0.568. The molecule has 1 unspecified atom stereocenters. The molecule has 2 aliphatic rings. The third-order valence-electron chi connectivity index (χ3n) is 3.46. The lowest BCUT2D eigenvalue weighted by Gasteiger charge is -2.30. The lowest BCUT2D eigenvalue weighted by Crippen LogP contribution is -2.47. The second-order valence-corrected chi connectivity index (χ2v) is 6.95. The minimum atomic E-state index is -3.89. The van der Waals surface area contributed by atoms with E-state index >= 15 is 0 Å². The molecular weight excluding hydrogens is 284 g/mol. The molecule has 7 heteroatoms. The highest BCUT2D eigenvalue weighted by Gasteiger charge is 2.57. The Labute approximate surface area is 117 Å². The first-order valence-electron chi connectivity index (χ1n) is 6.25. The van der Waals surface area contributed by atoms with Gasteiger partial charge >= 0.3 is 5.97 Å². The van der Waals surface area contributed by atoms with Crippen LogP contribution in [0.1, 0.15) is 25.7 Å². The molecule has 0 fully saturated rings. The Balaban J connectivity index is 2.50. The maximum absolute atomic E-state index is 12.2. The monoisotopic (exact) mass is 300 g/mol. The standard InChI is InChI=1S/C13H16O6S/c1-18-12(15)10-8-11(14)13(19-10,20(2,16)17)9-6-4-3-5-7-9/h6,8H,3-5,7H2,1-2H3. The highest BCUT2D eigenvalue weighted by atomic mass is 32.2. The van der Waals surface area contributed by atoms with Gasteiger partial charge in [0, 0.05) is 12.3 Å². The number of methoxy groups -OCH3 is 1. The summed E-state index contributed by atoms with van der Waals surface area (Å²) in [5.74, 6) is -1.97. The normalized spacial score (nSPS) is 26.6. The second-order valence-electron chi connectivity index (χ2n) is 4.83. The molecule has 0 aromatic rings. The Hall–Kier alpha value is -1.63. The summed E-state index contributed by atoms with van der Waals surface area (Å²) in [6, 6.07) is 0. The first-order chi connectivity index (χ1) is 9.33. The van der Waals surface area contributed by atoms with Gasteiger partial charge in [-0.2, -0.15) is 0 Å². The number of hydrogen-bond acceptors (Lipinski definition) is 6. The maximum Gasteiger partial charge on any atom is 0.373 e. The number of rotatable bonds is 3. The summed E-state index contributed by atoms with van der Waals surface area (Å²) in [7, 11) is -2.75. The molecule has 1 atom stereocenters. The highest BCUT2D eigenvalue weighted by molar-refractivity contribution is 7.93. The molecule has 0 saturated carbocycles. The van der Waals surface area contributed by atoms with Gasteiger partial charge in [0.25, 0.3) is 4.93 Å². The predicted octanol–water partition coefficient (Wildman–Crippen LogP) is 0.884. The fourth-order valence-corrected chi connectivity index (χ4v) is 3.83. The van der Waals surface area contributed by atoms with Gasteiger partial charge in [0.15, 0.2) is 9.84 Å². The number of esters is 1. The Bertz CT molecular complexity index is 613. The van der Waals surface area contributed by atoms with Crippen LogP contribution < -0.4 is 0 Å². The summed E-state index contributed by atoms with van der Waals surface area (Å²) in [6.45, 7) is 0. The van der Waals surface area contributed by atoms with E-state index in [1.807, 2.05) is 0 Å². The molecule has 1 heterocycles. The zero-order chi connectivity index (χ0) is 15.0. The summed E-state index contributed by atoms with van der Waals surface area (Å²) in [6.07, 6.45) is 6.44. The Morgan fingerprint density at radius 1 is 1.40 bits per heavy atom. The van der Waals surface area contributed by atoms with E-state index < -0.39 is 26.5 Å². The summed E-state index contributed by atoms with van der Waals surface area (Å²) in [4.78, 5) is 21.6. The third kappa shape index (κ3) is 2.15. The van der Waals surface area contributed by atoms with Crippen LogP contribution in [0.15, 0.2) is 23.5 Å². The van der Waals surface area contributed by atoms with Crippen molar-refractivity contribution in [1.82, 2.24) is 0 Å². The van der Waals surface area contributed by atoms with E-state index in [0.29, 0.717) is 18.4 Å². The molecule has 0 amide bonds. The van der Waals surface area contributed by atoms with E-state index in [1.54, 1.807) is 6.08 Å². The van der Waals surface area contributed by atoms with Crippen LogP contribution in [0.25, 0.3) is 0 Å². The van der Waals surface area contributed by atoms with Crippen molar-refractivity contribution in [3.63, 3.8) is 0 Å². The van der Waals surface area contributed by atoms with Crippen LogP contribution in [0.3, 0.4) is 0 Å². The van der Waals surface area contributed by atoms with Crippen molar-refractivity contribution in [2.45, 2.75) is 30.6 Å². The minimum absolute atomic E-state index is 0.366. The molecule has 0 aromatic heterocycles. The number of sulfone groups is 1. The van der Waals surface area contributed by atoms with Crippen LogP contribution >= 0.6 is 0 Å². The SMILES string of the molecule is COC(=O)C1=CC(=O)C(C2=CCCCC2)(S(C)(=O)=O)O1. The zero-order valence-electron chi connectivity index (χ0n) is 11.3. The van der Waals surface area contributed by atoms with Crippen molar-refractivity contribution >= 4 is 21.6 Å². The van der Waals surface area contributed by atoms with Crippen molar-refractivity contribution in [2.75, 3.05) is 13.4 Å². The smallest absolute Gasteiger partial charge is 0.373 e. The Morgan fingerprint density at radius 2 is 2.10 bits per heavy atom. The zero-order valence-corrected chi connectivity index (χ0v) is 12.2. The fraction of sp³-hybridized carbons (Fsp3) is 0.538. The second kappa shape index (κ2) is 5.05. The van der Waals surface area contributed by atoms with Crippen LogP contribution in [0.2, 0.25) is 0 Å². The van der Waals surface area contributed by atoms with E-state index in [-0.39, 0.29) is 5.76 Å². The molecule has 2 rings (SSSR count). The average molecular weight is 300 g/mol. The van der Waals surface area contributed by atoms with Gasteiger partial charge < -0.3 is 9.47 Å². The maximum atomic E-state index is 12.2. The van der Waals surface area contributed by atoms with Crippen molar-refractivity contribution in [1.29, 1.82) is 0 Å². The van der Waals surface area contributed by atoms with Crippen LogP contribution in [-0.2, 0) is 28.9 Å². The van der Waals surface area contributed by atoms with Crippen LogP contribution in [0.5, 0.6) is 0 Å². The molecule has 1 aliphatic carbocycles. The first kappa shape index (κ1) is 14.8. The number of carbonyl (C=O) groups excluding carboxylic acids is 2. The molecule has 0 bridgehead atoms. The summed E-state index contributed by atoms with van der Waals surface area (Å²) < 4.78 is 34.1. The molecule has 1 aliphatic heterocycles. The molecule has 0 N–H and O–H groups in total. The third-order valence-corrected chi connectivity index (χ3v) is 5.05. The van der Waals surface area contributed by atoms with Crippen molar-refractivity contribution < 1.29 is 27.5 Å². The number of ether oxygens (including phenoxy) is 2. The lowest BCUT2D eigenvalue weighted by molar-refractivity contribution is -0.141. The molecule has 20 heavy (non-hydrogen) atoms. The molecule has 0 radical (unpaired) electrons. The van der Waals surface area contributed by atoms with Crippen LogP contribution in [-0.4, -0.2) is 38.5 Å². The van der Waals surface area contributed by atoms with Gasteiger partial charge in [-0.3, -0.25) is 4.79 Å². The molecule has 0 aromatic carbocycles. The summed E-state index contributed by atoms with van der Waals surface area (Å²) >= 11 is 0. The minimum Gasteiger partial charge on any atom is -0.463 e. The number of ketones is 1. The summed E-state index contributed by atoms with van der Waals surface area (Å²) in [5, 5.41) is 0. The molecule has 6 nitrogen and oxygen atoms in total. The highest BCUT2D eigenvalue weighted by Crippen LogP contribution is 2.41. The van der Waals surface area contributed by atoms with Crippen molar-refractivity contribution in [2.24, 2.45) is 0 Å². The lowest BCUT2D eigenvalue weighted by atomic mass is 9.93. The topological polar surface area (TPSA) is 86.7 Å². The van der Waals surface area contributed by atoms with E-state index in [0.717, 1.165) is 32.3 Å². The van der Waals surface area contributed by atoms with Gasteiger partial charge in [-0.05, 0) is 31.3 Å². The van der Waals surface area contributed by atoms with Crippen molar-refractivity contribution in [3.05, 3.63) is 23.5 Å². The van der Waals surface area contributed by atoms with Gasteiger partial charge in [-0.25, -0.2) is 13.2 Å². The number of hydrogen-bond donors (Lipinski definition) is 0. The molecule has 0 spiro atoms. The molecular formula is C13H16O6S. The van der Waals surface area contributed by atoms with E-state index in [2.05, 4.69) is 4.74 Å². The molecule has 110 valence electrons. The van der Waals surface area contributed by atoms with E-state index in [4.69, 9.17) is 4.74 Å². The van der Waals surface area contributed by atoms with Gasteiger partial charge in [0.1, 0.15) is 0 Å². The van der Waals surface area contributed by atoms with Crippen molar-refractivity contribution in [3.8, 4) is 0 Å². The van der Waals surface area contributed by atoms with E-state index in [1.165, 1.54) is 0 Å². The number of carbonyl (C=O) groups is 2. The van der Waals surface area contributed by atoms with Gasteiger partial charge in [0.05, 0.1) is 7.11 Å². The molecule has 0 saturated heterocycles. The average Bonchev–Trinajstić information content (AvgIpc) is 2.77. The Morgan fingerprint density at radius 3 is 2.60 bits per heavy atom. The van der Waals surface area contributed by atoms with Gasteiger partial charge in [-0.15, -0.1) is 0 Å². The fourth-order valence-electron chi connectivity index (χ4n) is 2.51. The summed E-state index contributed by atoms with van der Waals surface area (Å²) in [5.41, 5.74) is 0.409. The van der Waals surface area contributed by atoms with E-state index in [9.17, 15) is 18.0 Å². The van der Waals surface area contributed by atoms with Gasteiger partial charge in [-0.1, -0.05) is 6.08 Å². The first-order valence-corrected chi connectivity index (χ1v) is 8.14. The predicted molar refractivity (Wildman–Crippen MR) is 70.3 cm³/mol. The number of allylic oxidation sites excluding steroid dienone is 1. The van der Waals surface area contributed by atoms with Gasteiger partial charge in [0.2, 0.25) is 11.5 Å². The Kier molecular flexibility index (Phi) is 3.73. The largest absolute Gasteiger partial charge is 0.463 e. The van der Waals surface area contributed by atoms with Crippen LogP contribution in [0.4, 0.5) is 0 Å².